The molecule has 2 rings (SSSR count). The Morgan fingerprint density at radius 1 is 1.36 bits per heavy atom. The van der Waals surface area contributed by atoms with Crippen LogP contribution in [0.15, 0.2) is 24.3 Å². The molecule has 3 nitrogen and oxygen atoms in total. The van der Waals surface area contributed by atoms with Crippen molar-refractivity contribution in [2.45, 2.75) is 6.92 Å². The van der Waals surface area contributed by atoms with E-state index in [1.54, 1.807) is 0 Å². The summed E-state index contributed by atoms with van der Waals surface area (Å²) in [6, 6.07) is 7.95. The van der Waals surface area contributed by atoms with Crippen molar-refractivity contribution >= 4 is 16.7 Å². The maximum atomic E-state index is 7.36. The number of hydrogen-bond acceptors (Lipinski definition) is 1. The van der Waals surface area contributed by atoms with E-state index in [1.165, 1.54) is 11.1 Å². The molecule has 0 saturated carbocycles. The normalized spacial score (nSPS) is 10.7. The number of amidine groups is 1. The molecule has 0 saturated heterocycles. The minimum Gasteiger partial charge on any atom is -0.384 e. The number of hydrogen-bond donors (Lipinski definition) is 2. The van der Waals surface area contributed by atoms with Crippen molar-refractivity contribution in [2.24, 2.45) is 12.8 Å². The van der Waals surface area contributed by atoms with E-state index >= 15 is 0 Å². The van der Waals surface area contributed by atoms with Crippen LogP contribution in [0, 0.1) is 12.3 Å². The molecule has 0 fully saturated rings. The number of rotatable bonds is 1. The average Bonchev–Trinajstić information content (AvgIpc) is 2.43. The smallest absolute Gasteiger partial charge is 0.122 e. The van der Waals surface area contributed by atoms with Gasteiger partial charge >= 0.3 is 0 Å². The van der Waals surface area contributed by atoms with Gasteiger partial charge in [-0.1, -0.05) is 12.1 Å². The topological polar surface area (TPSA) is 54.8 Å². The molecule has 0 bridgehead atoms. The Labute approximate surface area is 82.7 Å². The van der Waals surface area contributed by atoms with Crippen LogP contribution in [0.3, 0.4) is 0 Å². The Morgan fingerprint density at radius 2 is 2.07 bits per heavy atom. The second-order valence-electron chi connectivity index (χ2n) is 3.53. The summed E-state index contributed by atoms with van der Waals surface area (Å²) < 4.78 is 2.10. The summed E-state index contributed by atoms with van der Waals surface area (Å²) >= 11 is 0. The number of aromatic nitrogens is 1. The number of fused-ring (bicyclic) bond motifs is 1. The lowest BCUT2D eigenvalue weighted by Gasteiger charge is -2.01. The Morgan fingerprint density at radius 3 is 2.71 bits per heavy atom. The van der Waals surface area contributed by atoms with Crippen LogP contribution in [0.2, 0.25) is 0 Å². The number of nitrogens with one attached hydrogen (secondary N) is 1. The first kappa shape index (κ1) is 8.81. The zero-order chi connectivity index (χ0) is 10.3. The molecule has 1 aromatic carbocycles. The van der Waals surface area contributed by atoms with Crippen molar-refractivity contribution in [2.75, 3.05) is 0 Å². The molecule has 0 aliphatic heterocycles. The standard InChI is InChI=1S/C11H13N3/c1-7-5-8-3-4-9(11(12)13)6-10(8)14(7)2/h3-6H,1-2H3,(H3,12,13). The Bertz CT molecular complexity index is 508. The van der Waals surface area contributed by atoms with Gasteiger partial charge in [-0.05, 0) is 24.4 Å². The van der Waals surface area contributed by atoms with Crippen LogP contribution in [0.25, 0.3) is 10.9 Å². The van der Waals surface area contributed by atoms with E-state index in [0.29, 0.717) is 0 Å². The van der Waals surface area contributed by atoms with E-state index in [9.17, 15) is 0 Å². The zero-order valence-corrected chi connectivity index (χ0v) is 8.33. The van der Waals surface area contributed by atoms with E-state index in [2.05, 4.69) is 17.6 Å². The summed E-state index contributed by atoms with van der Waals surface area (Å²) in [5, 5.41) is 8.55. The van der Waals surface area contributed by atoms with Gasteiger partial charge in [-0.25, -0.2) is 0 Å². The van der Waals surface area contributed by atoms with Crippen LogP contribution in [-0.2, 0) is 7.05 Å². The molecule has 0 atom stereocenters. The highest BCUT2D eigenvalue weighted by Crippen LogP contribution is 2.19. The van der Waals surface area contributed by atoms with Gasteiger partial charge in [0.15, 0.2) is 0 Å². The number of aryl methyl sites for hydroxylation is 2. The second-order valence-corrected chi connectivity index (χ2v) is 3.53. The molecule has 1 heterocycles. The predicted octanol–water partition coefficient (Wildman–Crippen LogP) is 1.77. The van der Waals surface area contributed by atoms with Gasteiger partial charge in [-0.15, -0.1) is 0 Å². The first-order valence-electron chi connectivity index (χ1n) is 4.50. The summed E-state index contributed by atoms with van der Waals surface area (Å²) in [6.45, 7) is 2.06. The quantitative estimate of drug-likeness (QED) is 0.519. The van der Waals surface area contributed by atoms with Crippen LogP contribution in [0.1, 0.15) is 11.3 Å². The highest BCUT2D eigenvalue weighted by molar-refractivity contribution is 5.98. The Balaban J connectivity index is 2.76. The number of benzene rings is 1. The molecule has 0 spiro atoms. The summed E-state index contributed by atoms with van der Waals surface area (Å²) in [5.74, 6) is 0.116. The van der Waals surface area contributed by atoms with Crippen molar-refractivity contribution in [1.82, 2.24) is 4.57 Å². The lowest BCUT2D eigenvalue weighted by atomic mass is 10.1. The molecule has 0 unspecified atom stereocenters. The van der Waals surface area contributed by atoms with Crippen LogP contribution in [-0.4, -0.2) is 10.4 Å². The largest absolute Gasteiger partial charge is 0.384 e. The fourth-order valence-corrected chi connectivity index (χ4v) is 1.64. The SMILES string of the molecule is Cc1cc2ccc(C(=N)N)cc2n1C. The third kappa shape index (κ3) is 1.18. The van der Waals surface area contributed by atoms with Crippen molar-refractivity contribution in [3.05, 3.63) is 35.5 Å². The highest BCUT2D eigenvalue weighted by atomic mass is 14.9. The van der Waals surface area contributed by atoms with Gasteiger partial charge in [-0.2, -0.15) is 0 Å². The van der Waals surface area contributed by atoms with E-state index in [4.69, 9.17) is 11.1 Å². The summed E-state index contributed by atoms with van der Waals surface area (Å²) in [6.07, 6.45) is 0. The molecular formula is C11H13N3. The van der Waals surface area contributed by atoms with E-state index in [1.807, 2.05) is 25.2 Å². The second kappa shape index (κ2) is 2.87. The lowest BCUT2D eigenvalue weighted by Crippen LogP contribution is -2.10. The first-order chi connectivity index (χ1) is 6.59. The van der Waals surface area contributed by atoms with Crippen LogP contribution >= 0.6 is 0 Å². The third-order valence-corrected chi connectivity index (χ3v) is 2.60. The Kier molecular flexibility index (Phi) is 1.81. The van der Waals surface area contributed by atoms with E-state index < -0.39 is 0 Å². The fourth-order valence-electron chi connectivity index (χ4n) is 1.64. The van der Waals surface area contributed by atoms with Crippen molar-refractivity contribution in [3.63, 3.8) is 0 Å². The van der Waals surface area contributed by atoms with E-state index in [0.717, 1.165) is 11.1 Å². The van der Waals surface area contributed by atoms with Crippen molar-refractivity contribution in [1.29, 1.82) is 5.41 Å². The van der Waals surface area contributed by atoms with Crippen molar-refractivity contribution in [3.8, 4) is 0 Å². The minimum atomic E-state index is 0.116. The summed E-state index contributed by atoms with van der Waals surface area (Å²) in [7, 11) is 2.02. The molecule has 0 amide bonds. The fraction of sp³-hybridized carbons (Fsp3) is 0.182. The average molecular weight is 187 g/mol. The first-order valence-corrected chi connectivity index (χ1v) is 4.50. The molecule has 3 N–H and O–H groups in total. The lowest BCUT2D eigenvalue weighted by molar-refractivity contribution is 0.918. The maximum absolute atomic E-state index is 7.36. The van der Waals surface area contributed by atoms with Gasteiger partial charge in [0.2, 0.25) is 0 Å². The van der Waals surface area contributed by atoms with Gasteiger partial charge in [-0.3, -0.25) is 5.41 Å². The van der Waals surface area contributed by atoms with Gasteiger partial charge in [0.25, 0.3) is 0 Å². The third-order valence-electron chi connectivity index (χ3n) is 2.60. The van der Waals surface area contributed by atoms with Crippen molar-refractivity contribution < 1.29 is 0 Å². The number of nitrogens with two attached hydrogens (primary N) is 1. The molecule has 14 heavy (non-hydrogen) atoms. The van der Waals surface area contributed by atoms with Gasteiger partial charge in [0.05, 0.1) is 0 Å². The summed E-state index contributed by atoms with van der Waals surface area (Å²) in [4.78, 5) is 0. The Hall–Kier alpha value is -1.77. The maximum Gasteiger partial charge on any atom is 0.122 e. The van der Waals surface area contributed by atoms with Crippen LogP contribution in [0.5, 0.6) is 0 Å². The molecule has 1 aromatic heterocycles. The molecule has 0 radical (unpaired) electrons. The minimum absolute atomic E-state index is 0.116. The monoisotopic (exact) mass is 187 g/mol. The van der Waals surface area contributed by atoms with E-state index in [-0.39, 0.29) is 5.84 Å². The molecule has 3 heteroatoms. The van der Waals surface area contributed by atoms with Crippen LogP contribution < -0.4 is 5.73 Å². The predicted molar refractivity (Wildman–Crippen MR) is 58.7 cm³/mol. The molecule has 72 valence electrons. The van der Waals surface area contributed by atoms with Gasteiger partial charge < -0.3 is 10.3 Å². The van der Waals surface area contributed by atoms with Crippen LogP contribution in [0.4, 0.5) is 0 Å². The number of nitrogens with zero attached hydrogens (tertiary/aromatic N) is 1. The molecule has 0 aliphatic carbocycles. The number of nitrogen functional groups attached to an aromatic ring is 1. The molecule has 2 aromatic rings. The summed E-state index contributed by atoms with van der Waals surface area (Å²) in [5.41, 5.74) is 8.54. The zero-order valence-electron chi connectivity index (χ0n) is 8.33. The van der Waals surface area contributed by atoms with Gasteiger partial charge in [0.1, 0.15) is 5.84 Å². The molecule has 0 aliphatic rings. The van der Waals surface area contributed by atoms with Gasteiger partial charge in [0, 0.05) is 23.8 Å². The highest BCUT2D eigenvalue weighted by Gasteiger charge is 2.04. The molecular weight excluding hydrogens is 174 g/mol.